The Hall–Kier alpha value is -4.56. The van der Waals surface area contributed by atoms with Crippen molar-refractivity contribution in [1.82, 2.24) is 9.78 Å². The van der Waals surface area contributed by atoms with Crippen LogP contribution in [0.5, 0.6) is 0 Å². The molecule has 0 radical (unpaired) electrons. The predicted molar refractivity (Wildman–Crippen MR) is 169 cm³/mol. The largest absolute Gasteiger partial charge is 0.309 e. The maximum Gasteiger partial charge on any atom is 0.283 e. The van der Waals surface area contributed by atoms with Crippen molar-refractivity contribution in [3.63, 3.8) is 0 Å². The molecule has 0 spiro atoms. The van der Waals surface area contributed by atoms with Crippen LogP contribution in [0.4, 0.5) is 0 Å². The van der Waals surface area contributed by atoms with E-state index in [2.05, 4.69) is 5.10 Å². The molecule has 0 fully saturated rings. The summed E-state index contributed by atoms with van der Waals surface area (Å²) in [5.74, 6) is 0. The molecule has 7 heteroatoms. The van der Waals surface area contributed by atoms with Gasteiger partial charge >= 0.3 is 0 Å². The zero-order chi connectivity index (χ0) is 28.3. The molecule has 41 heavy (non-hydrogen) atoms. The number of hydrogen-bond donors (Lipinski definition) is 0. The van der Waals surface area contributed by atoms with Crippen molar-refractivity contribution in [1.29, 1.82) is 0 Å². The van der Waals surface area contributed by atoms with Gasteiger partial charge in [-0.05, 0) is 12.1 Å². The van der Waals surface area contributed by atoms with E-state index in [4.69, 9.17) is 0 Å². The summed E-state index contributed by atoms with van der Waals surface area (Å²) in [6, 6.07) is 45.1. The standard InChI is InChI=1S/C34H26N2O3P2/c37-34-33(41(39,30-22-12-4-13-23-30)31-24-14-5-15-25-31)32(26-35-36(34)27-16-6-1-7-17-27)40(38,28-18-8-2-9-19-28)29-20-10-3-11-21-29/h1-26H. The van der Waals surface area contributed by atoms with Crippen molar-refractivity contribution in [3.8, 4) is 5.69 Å². The van der Waals surface area contributed by atoms with E-state index in [1.165, 1.54) is 10.9 Å². The molecule has 1 aromatic heterocycles. The smallest absolute Gasteiger partial charge is 0.283 e. The van der Waals surface area contributed by atoms with Crippen LogP contribution < -0.4 is 37.4 Å². The third kappa shape index (κ3) is 4.64. The van der Waals surface area contributed by atoms with Crippen LogP contribution in [-0.4, -0.2) is 9.78 Å². The van der Waals surface area contributed by atoms with Gasteiger partial charge in [-0.15, -0.1) is 0 Å². The van der Waals surface area contributed by atoms with Crippen molar-refractivity contribution in [2.24, 2.45) is 0 Å². The molecule has 0 aliphatic rings. The first-order valence-corrected chi connectivity index (χ1v) is 16.6. The fourth-order valence-electron chi connectivity index (χ4n) is 5.10. The Morgan fingerprint density at radius 3 is 1.20 bits per heavy atom. The summed E-state index contributed by atoms with van der Waals surface area (Å²) in [7, 11) is -7.62. The lowest BCUT2D eigenvalue weighted by Crippen LogP contribution is -2.50. The minimum atomic E-state index is -3.88. The lowest BCUT2D eigenvalue weighted by molar-refractivity contribution is 0.589. The lowest BCUT2D eigenvalue weighted by atomic mass is 10.3. The zero-order valence-electron chi connectivity index (χ0n) is 22.0. The van der Waals surface area contributed by atoms with Crippen molar-refractivity contribution in [2.75, 3.05) is 0 Å². The Bertz CT molecular complexity index is 1860. The van der Waals surface area contributed by atoms with E-state index >= 15 is 9.13 Å². The van der Waals surface area contributed by atoms with Crippen molar-refractivity contribution in [2.45, 2.75) is 0 Å². The van der Waals surface area contributed by atoms with Gasteiger partial charge in [0.1, 0.15) is 5.30 Å². The highest BCUT2D eigenvalue weighted by molar-refractivity contribution is 7.90. The van der Waals surface area contributed by atoms with Crippen LogP contribution in [-0.2, 0) is 9.13 Å². The van der Waals surface area contributed by atoms with Crippen molar-refractivity contribution in [3.05, 3.63) is 168 Å². The summed E-state index contributed by atoms with van der Waals surface area (Å²) in [5.41, 5.74) is -0.0518. The van der Waals surface area contributed by atoms with E-state index in [9.17, 15) is 4.79 Å². The molecular weight excluding hydrogens is 546 g/mol. The highest BCUT2D eigenvalue weighted by atomic mass is 31.2. The van der Waals surface area contributed by atoms with Gasteiger partial charge in [0.05, 0.1) is 17.2 Å². The number of rotatable bonds is 7. The van der Waals surface area contributed by atoms with Crippen LogP contribution in [0.2, 0.25) is 0 Å². The Labute approximate surface area is 238 Å². The zero-order valence-corrected chi connectivity index (χ0v) is 23.8. The summed E-state index contributed by atoms with van der Waals surface area (Å²) in [6.07, 6.45) is 1.48. The molecule has 0 aliphatic heterocycles. The van der Waals surface area contributed by atoms with Crippen molar-refractivity contribution < 1.29 is 9.13 Å². The predicted octanol–water partition coefficient (Wildman–Crippen LogP) is 4.51. The Balaban J connectivity index is 1.80. The van der Waals surface area contributed by atoms with Gasteiger partial charge in [0.2, 0.25) is 0 Å². The van der Waals surface area contributed by atoms with Gasteiger partial charge in [-0.3, -0.25) is 4.79 Å². The summed E-state index contributed by atoms with van der Waals surface area (Å²) in [4.78, 5) is 14.7. The Kier molecular flexibility index (Phi) is 7.24. The first kappa shape index (κ1) is 26.7. The van der Waals surface area contributed by atoms with Crippen molar-refractivity contribution >= 4 is 46.1 Å². The van der Waals surface area contributed by atoms with Gasteiger partial charge in [-0.25, -0.2) is 0 Å². The number of hydrogen-bond acceptors (Lipinski definition) is 4. The van der Waals surface area contributed by atoms with Gasteiger partial charge in [0.15, 0.2) is 14.3 Å². The maximum atomic E-state index is 15.8. The van der Waals surface area contributed by atoms with Crippen LogP contribution in [0.25, 0.3) is 5.69 Å². The minimum Gasteiger partial charge on any atom is -0.309 e. The van der Waals surface area contributed by atoms with E-state index in [1.807, 2.05) is 66.7 Å². The Morgan fingerprint density at radius 2 is 0.805 bits per heavy atom. The number of para-hydroxylation sites is 1. The summed E-state index contributed by atoms with van der Waals surface area (Å²) in [5, 5.41) is 6.70. The van der Waals surface area contributed by atoms with Gasteiger partial charge in [0.25, 0.3) is 5.56 Å². The van der Waals surface area contributed by atoms with Gasteiger partial charge in [-0.2, -0.15) is 9.78 Å². The van der Waals surface area contributed by atoms with Crippen LogP contribution in [0, 0.1) is 0 Å². The highest BCUT2D eigenvalue weighted by Crippen LogP contribution is 2.47. The fraction of sp³-hybridized carbons (Fsp3) is 0. The third-order valence-corrected chi connectivity index (χ3v) is 13.4. The molecule has 0 saturated heterocycles. The van der Waals surface area contributed by atoms with Crippen LogP contribution in [0.3, 0.4) is 0 Å². The molecule has 6 rings (SSSR count). The molecule has 0 unspecified atom stereocenters. The first-order chi connectivity index (χ1) is 20.0. The topological polar surface area (TPSA) is 69.0 Å². The molecule has 0 aliphatic carbocycles. The molecule has 5 aromatic carbocycles. The molecule has 1 heterocycles. The van der Waals surface area contributed by atoms with Crippen LogP contribution in [0.15, 0.2) is 163 Å². The first-order valence-electron chi connectivity index (χ1n) is 13.2. The molecule has 200 valence electrons. The quantitative estimate of drug-likeness (QED) is 0.264. The summed E-state index contributed by atoms with van der Waals surface area (Å²) >= 11 is 0. The molecule has 5 nitrogen and oxygen atoms in total. The number of aromatic nitrogens is 2. The number of nitrogens with zero attached hydrogens (tertiary/aromatic N) is 2. The van der Waals surface area contributed by atoms with E-state index < -0.39 is 19.8 Å². The second-order valence-electron chi connectivity index (χ2n) is 9.49. The summed E-state index contributed by atoms with van der Waals surface area (Å²) < 4.78 is 32.7. The monoisotopic (exact) mass is 572 g/mol. The minimum absolute atomic E-state index is 0.00945. The van der Waals surface area contributed by atoms with E-state index in [0.717, 1.165) is 0 Å². The highest BCUT2D eigenvalue weighted by Gasteiger charge is 2.42. The van der Waals surface area contributed by atoms with Gasteiger partial charge < -0.3 is 9.13 Å². The lowest BCUT2D eigenvalue weighted by Gasteiger charge is -2.27. The average molecular weight is 573 g/mol. The van der Waals surface area contributed by atoms with Gasteiger partial charge in [-0.1, -0.05) is 140 Å². The molecule has 0 N–H and O–H groups in total. The number of benzene rings is 5. The molecular formula is C34H26N2O3P2. The molecule has 0 atom stereocenters. The maximum absolute atomic E-state index is 15.8. The SMILES string of the molecule is O=c1c(P(=O)(c2ccccc2)c2ccccc2)c(P(=O)(c2ccccc2)c2ccccc2)cnn1-c1ccccc1. The molecule has 0 bridgehead atoms. The van der Waals surface area contributed by atoms with E-state index in [0.29, 0.717) is 26.9 Å². The van der Waals surface area contributed by atoms with E-state index in [1.54, 1.807) is 84.9 Å². The second kappa shape index (κ2) is 11.1. The van der Waals surface area contributed by atoms with Crippen LogP contribution >= 0.6 is 14.3 Å². The molecule has 0 saturated carbocycles. The summed E-state index contributed by atoms with van der Waals surface area (Å²) in [6.45, 7) is 0. The molecule has 0 amide bonds. The van der Waals surface area contributed by atoms with Crippen LogP contribution in [0.1, 0.15) is 0 Å². The second-order valence-corrected chi connectivity index (χ2v) is 14.9. The normalized spacial score (nSPS) is 11.7. The van der Waals surface area contributed by atoms with Gasteiger partial charge in [0, 0.05) is 21.2 Å². The van der Waals surface area contributed by atoms with E-state index in [-0.39, 0.29) is 10.6 Å². The Morgan fingerprint density at radius 1 is 0.463 bits per heavy atom. The average Bonchev–Trinajstić information content (AvgIpc) is 3.06. The third-order valence-electron chi connectivity index (χ3n) is 7.07. The fourth-order valence-corrected chi connectivity index (χ4v) is 11.3. The molecule has 6 aromatic rings.